The minimum Gasteiger partial charge on any atom is -0.303 e. The van der Waals surface area contributed by atoms with Gasteiger partial charge in [0.05, 0.1) is 0 Å². The quantitative estimate of drug-likeness (QED) is 0.783. The molecule has 1 fully saturated rings. The zero-order valence-corrected chi connectivity index (χ0v) is 14.4. The van der Waals surface area contributed by atoms with Gasteiger partial charge in [0, 0.05) is 13.1 Å². The lowest BCUT2D eigenvalue weighted by molar-refractivity contribution is 0.164. The summed E-state index contributed by atoms with van der Waals surface area (Å²) in [5, 5.41) is 11.6. The maximum atomic E-state index is 13.7. The Kier molecular flexibility index (Phi) is 5.91. The Balaban J connectivity index is 1.41. The van der Waals surface area contributed by atoms with E-state index < -0.39 is 0 Å². The molecular formula is C18H26FN5. The predicted octanol–water partition coefficient (Wildman–Crippen LogP) is 2.86. The molecule has 0 aliphatic carbocycles. The summed E-state index contributed by atoms with van der Waals surface area (Å²) in [6.45, 7) is 6.18. The van der Waals surface area contributed by atoms with Crippen molar-refractivity contribution in [2.24, 2.45) is 5.92 Å². The Morgan fingerprint density at radius 2 is 2.12 bits per heavy atom. The molecule has 1 aromatic heterocycles. The molecule has 5 nitrogen and oxygen atoms in total. The molecule has 0 spiro atoms. The Hall–Kier alpha value is -1.82. The van der Waals surface area contributed by atoms with Crippen molar-refractivity contribution in [3.63, 3.8) is 0 Å². The highest BCUT2D eigenvalue weighted by molar-refractivity contribution is 5.17. The summed E-state index contributed by atoms with van der Waals surface area (Å²) < 4.78 is 15.6. The van der Waals surface area contributed by atoms with Gasteiger partial charge >= 0.3 is 0 Å². The van der Waals surface area contributed by atoms with Gasteiger partial charge in [-0.05, 0) is 80.1 Å². The number of piperidine rings is 1. The largest absolute Gasteiger partial charge is 0.303 e. The Labute approximate surface area is 142 Å². The highest BCUT2D eigenvalue weighted by atomic mass is 19.1. The van der Waals surface area contributed by atoms with Crippen molar-refractivity contribution in [1.29, 1.82) is 0 Å². The number of halogens is 1. The fourth-order valence-corrected chi connectivity index (χ4v) is 3.55. The smallest absolute Gasteiger partial charge is 0.148 e. The predicted molar refractivity (Wildman–Crippen MR) is 91.1 cm³/mol. The number of hydrogen-bond donors (Lipinski definition) is 0. The molecule has 0 saturated carbocycles. The van der Waals surface area contributed by atoms with E-state index >= 15 is 0 Å². The summed E-state index contributed by atoms with van der Waals surface area (Å²) in [6, 6.07) is 7.15. The number of aryl methyl sites for hydroxylation is 3. The molecule has 0 amide bonds. The average molecular weight is 331 g/mol. The van der Waals surface area contributed by atoms with E-state index in [1.165, 1.54) is 19.4 Å². The van der Waals surface area contributed by atoms with Crippen LogP contribution in [0.4, 0.5) is 4.39 Å². The van der Waals surface area contributed by atoms with Crippen molar-refractivity contribution in [3.05, 3.63) is 41.5 Å². The molecule has 1 aliphatic heterocycles. The normalized spacial score (nSPS) is 18.8. The van der Waals surface area contributed by atoms with Crippen molar-refractivity contribution >= 4 is 0 Å². The highest BCUT2D eigenvalue weighted by Crippen LogP contribution is 2.22. The van der Waals surface area contributed by atoms with Crippen LogP contribution in [0.25, 0.3) is 0 Å². The van der Waals surface area contributed by atoms with Crippen molar-refractivity contribution in [1.82, 2.24) is 25.1 Å². The second-order valence-electron chi connectivity index (χ2n) is 6.74. The molecule has 0 bridgehead atoms. The van der Waals surface area contributed by atoms with Crippen LogP contribution in [0.15, 0.2) is 24.3 Å². The zero-order valence-electron chi connectivity index (χ0n) is 14.4. The first-order chi connectivity index (χ1) is 11.7. The van der Waals surface area contributed by atoms with Gasteiger partial charge in [-0.15, -0.1) is 5.10 Å². The number of benzene rings is 1. The SMILES string of the molecule is Cc1nnnn1CCCN1CCCC(CCc2ccccc2F)C1. The van der Waals surface area contributed by atoms with Gasteiger partial charge in [0.1, 0.15) is 11.6 Å². The molecule has 2 aromatic rings. The van der Waals surface area contributed by atoms with Crippen LogP contribution in [0.5, 0.6) is 0 Å². The molecule has 0 N–H and O–H groups in total. The van der Waals surface area contributed by atoms with Crippen LogP contribution < -0.4 is 0 Å². The van der Waals surface area contributed by atoms with Crippen LogP contribution >= 0.6 is 0 Å². The Morgan fingerprint density at radius 1 is 1.25 bits per heavy atom. The first kappa shape index (κ1) is 17.0. The van der Waals surface area contributed by atoms with Gasteiger partial charge in [0.15, 0.2) is 0 Å². The number of tetrazole rings is 1. The third kappa shape index (κ3) is 4.60. The molecular weight excluding hydrogens is 305 g/mol. The number of hydrogen-bond acceptors (Lipinski definition) is 4. The van der Waals surface area contributed by atoms with E-state index in [2.05, 4.69) is 20.4 Å². The first-order valence-corrected chi connectivity index (χ1v) is 8.91. The molecule has 6 heteroatoms. The summed E-state index contributed by atoms with van der Waals surface area (Å²) in [5.74, 6) is 1.48. The van der Waals surface area contributed by atoms with Crippen LogP contribution in [-0.4, -0.2) is 44.7 Å². The molecule has 1 saturated heterocycles. The maximum Gasteiger partial charge on any atom is 0.148 e. The third-order valence-electron chi connectivity index (χ3n) is 4.94. The van der Waals surface area contributed by atoms with Gasteiger partial charge in [-0.25, -0.2) is 9.07 Å². The Bertz CT molecular complexity index is 642. The van der Waals surface area contributed by atoms with Gasteiger partial charge < -0.3 is 4.90 Å². The van der Waals surface area contributed by atoms with E-state index in [0.717, 1.165) is 50.3 Å². The maximum absolute atomic E-state index is 13.7. The molecule has 130 valence electrons. The lowest BCUT2D eigenvalue weighted by atomic mass is 9.91. The number of aromatic nitrogens is 4. The zero-order chi connectivity index (χ0) is 16.8. The van der Waals surface area contributed by atoms with E-state index in [-0.39, 0.29) is 5.82 Å². The monoisotopic (exact) mass is 331 g/mol. The minimum atomic E-state index is -0.0676. The minimum absolute atomic E-state index is 0.0676. The molecule has 1 atom stereocenters. The van der Waals surface area contributed by atoms with Crippen LogP contribution in [0.1, 0.15) is 37.1 Å². The van der Waals surface area contributed by atoms with Crippen LogP contribution in [0.2, 0.25) is 0 Å². The van der Waals surface area contributed by atoms with Crippen LogP contribution in [-0.2, 0) is 13.0 Å². The van der Waals surface area contributed by atoms with Crippen molar-refractivity contribution in [2.75, 3.05) is 19.6 Å². The molecule has 2 heterocycles. The van der Waals surface area contributed by atoms with Gasteiger partial charge in [0.25, 0.3) is 0 Å². The van der Waals surface area contributed by atoms with E-state index in [4.69, 9.17) is 0 Å². The summed E-state index contributed by atoms with van der Waals surface area (Å²) in [7, 11) is 0. The molecule has 24 heavy (non-hydrogen) atoms. The van der Waals surface area contributed by atoms with Gasteiger partial charge in [0.2, 0.25) is 0 Å². The second kappa shape index (κ2) is 8.33. The molecule has 3 rings (SSSR count). The topological polar surface area (TPSA) is 46.8 Å². The van der Waals surface area contributed by atoms with E-state index in [1.807, 2.05) is 23.7 Å². The summed E-state index contributed by atoms with van der Waals surface area (Å²) in [5.41, 5.74) is 0.851. The number of nitrogens with zero attached hydrogens (tertiary/aromatic N) is 5. The molecule has 1 unspecified atom stereocenters. The number of likely N-dealkylation sites (tertiary alicyclic amines) is 1. The van der Waals surface area contributed by atoms with Crippen molar-refractivity contribution < 1.29 is 4.39 Å². The summed E-state index contributed by atoms with van der Waals surface area (Å²) in [6.07, 6.45) is 5.48. The fourth-order valence-electron chi connectivity index (χ4n) is 3.55. The second-order valence-corrected chi connectivity index (χ2v) is 6.74. The van der Waals surface area contributed by atoms with E-state index in [9.17, 15) is 4.39 Å². The third-order valence-corrected chi connectivity index (χ3v) is 4.94. The summed E-state index contributed by atoms with van der Waals surface area (Å²) in [4.78, 5) is 2.54. The lowest BCUT2D eigenvalue weighted by Crippen LogP contribution is -2.36. The van der Waals surface area contributed by atoms with Crippen LogP contribution in [0, 0.1) is 18.7 Å². The lowest BCUT2D eigenvalue weighted by Gasteiger charge is -2.32. The van der Waals surface area contributed by atoms with E-state index in [0.29, 0.717) is 5.92 Å². The van der Waals surface area contributed by atoms with E-state index in [1.54, 1.807) is 12.1 Å². The van der Waals surface area contributed by atoms with Crippen LogP contribution in [0.3, 0.4) is 0 Å². The molecule has 1 aromatic carbocycles. The fraction of sp³-hybridized carbons (Fsp3) is 0.611. The molecule has 1 aliphatic rings. The molecule has 0 radical (unpaired) electrons. The summed E-state index contributed by atoms with van der Waals surface area (Å²) >= 11 is 0. The first-order valence-electron chi connectivity index (χ1n) is 8.91. The number of rotatable bonds is 7. The van der Waals surface area contributed by atoms with Gasteiger partial charge in [-0.1, -0.05) is 18.2 Å². The van der Waals surface area contributed by atoms with Gasteiger partial charge in [-0.3, -0.25) is 0 Å². The highest BCUT2D eigenvalue weighted by Gasteiger charge is 2.19. The Morgan fingerprint density at radius 3 is 2.92 bits per heavy atom. The van der Waals surface area contributed by atoms with Crippen molar-refractivity contribution in [2.45, 2.75) is 45.6 Å². The average Bonchev–Trinajstić information content (AvgIpc) is 3.00. The van der Waals surface area contributed by atoms with Crippen molar-refractivity contribution in [3.8, 4) is 0 Å². The van der Waals surface area contributed by atoms with Gasteiger partial charge in [-0.2, -0.15) is 0 Å². The standard InChI is InChI=1S/C18H26FN5/c1-15-20-21-22-24(15)13-5-12-23-11-4-6-16(14-23)9-10-17-7-2-3-8-18(17)19/h2-3,7-8,16H,4-6,9-14H2,1H3.